The van der Waals surface area contributed by atoms with Gasteiger partial charge in [-0.15, -0.1) is 0 Å². The first-order valence-corrected chi connectivity index (χ1v) is 11.0. The molecule has 1 unspecified atom stereocenters. The second-order valence-corrected chi connectivity index (χ2v) is 9.26. The highest BCUT2D eigenvalue weighted by Gasteiger charge is 2.47. The molecule has 1 aliphatic heterocycles. The first-order chi connectivity index (χ1) is 14.8. The van der Waals surface area contributed by atoms with Crippen LogP contribution in [-0.2, 0) is 17.9 Å². The Morgan fingerprint density at radius 3 is 2.55 bits per heavy atom. The fourth-order valence-corrected chi connectivity index (χ4v) is 4.30. The number of carbonyl (C=O) groups is 2. The Morgan fingerprint density at radius 2 is 1.84 bits per heavy atom. The number of nitrogens with one attached hydrogen (secondary N) is 1. The zero-order valence-corrected chi connectivity index (χ0v) is 18.8. The lowest BCUT2D eigenvalue weighted by Gasteiger charge is -2.44. The van der Waals surface area contributed by atoms with Crippen LogP contribution in [0.5, 0.6) is 0 Å². The molecule has 3 aromatic rings. The lowest BCUT2D eigenvalue weighted by Crippen LogP contribution is -2.63. The number of aryl methyl sites for hydroxylation is 1. The van der Waals surface area contributed by atoms with Crippen molar-refractivity contribution in [3.63, 3.8) is 0 Å². The summed E-state index contributed by atoms with van der Waals surface area (Å²) in [6, 6.07) is 18.1. The third-order valence-corrected chi connectivity index (χ3v) is 6.29. The largest absolute Gasteiger partial charge is 0.354 e. The Kier molecular flexibility index (Phi) is 5.61. The van der Waals surface area contributed by atoms with Crippen molar-refractivity contribution in [1.82, 2.24) is 14.8 Å². The minimum atomic E-state index is -0.978. The van der Waals surface area contributed by atoms with Crippen molar-refractivity contribution in [1.29, 1.82) is 0 Å². The maximum absolute atomic E-state index is 13.7. The molecule has 0 bridgehead atoms. The maximum atomic E-state index is 13.7. The Morgan fingerprint density at radius 1 is 1.13 bits per heavy atom. The van der Waals surface area contributed by atoms with Crippen molar-refractivity contribution >= 4 is 22.7 Å². The van der Waals surface area contributed by atoms with E-state index in [0.29, 0.717) is 31.2 Å². The summed E-state index contributed by atoms with van der Waals surface area (Å²) < 4.78 is 2.01. The Balaban J connectivity index is 1.73. The van der Waals surface area contributed by atoms with Crippen LogP contribution in [0.2, 0.25) is 0 Å². The minimum absolute atomic E-state index is 0.1000. The highest BCUT2D eigenvalue weighted by molar-refractivity contribution is 6.03. The lowest BCUT2D eigenvalue weighted by molar-refractivity contribution is -0.133. The number of hydrogen-bond acceptors (Lipinski definition) is 2. The third kappa shape index (κ3) is 3.97. The average molecular weight is 418 g/mol. The number of carbonyl (C=O) groups excluding carboxylic acids is 2. The molecule has 2 heterocycles. The number of benzene rings is 2. The number of nitrogens with zero attached hydrogens (tertiary/aromatic N) is 2. The molecule has 1 N–H and O–H groups in total. The summed E-state index contributed by atoms with van der Waals surface area (Å²) in [6.45, 7) is 9.65. The van der Waals surface area contributed by atoms with Gasteiger partial charge in [-0.1, -0.05) is 61.9 Å². The van der Waals surface area contributed by atoms with Gasteiger partial charge in [0.2, 0.25) is 5.91 Å². The highest BCUT2D eigenvalue weighted by Crippen LogP contribution is 2.33. The number of rotatable bonds is 6. The van der Waals surface area contributed by atoms with Crippen LogP contribution >= 0.6 is 0 Å². The van der Waals surface area contributed by atoms with E-state index in [1.807, 2.05) is 73.0 Å². The number of amides is 2. The second-order valence-electron chi connectivity index (χ2n) is 9.26. The van der Waals surface area contributed by atoms with Gasteiger partial charge in [0.05, 0.1) is 6.54 Å². The van der Waals surface area contributed by atoms with E-state index in [-0.39, 0.29) is 11.8 Å². The fraction of sp³-hybridized carbons (Fsp3) is 0.385. The highest BCUT2D eigenvalue weighted by atomic mass is 16.2. The first-order valence-electron chi connectivity index (χ1n) is 11.0. The molecule has 31 heavy (non-hydrogen) atoms. The van der Waals surface area contributed by atoms with Crippen molar-refractivity contribution in [3.05, 3.63) is 71.4 Å². The van der Waals surface area contributed by atoms with Crippen LogP contribution in [-0.4, -0.2) is 33.4 Å². The summed E-state index contributed by atoms with van der Waals surface area (Å²) in [5, 5.41) is 4.11. The van der Waals surface area contributed by atoms with E-state index in [2.05, 4.69) is 19.2 Å². The summed E-state index contributed by atoms with van der Waals surface area (Å²) in [4.78, 5) is 28.9. The number of para-hydroxylation sites is 1. The molecule has 0 radical (unpaired) electrons. The van der Waals surface area contributed by atoms with Crippen LogP contribution in [0.3, 0.4) is 0 Å². The summed E-state index contributed by atoms with van der Waals surface area (Å²) in [6.07, 6.45) is 0.908. The van der Waals surface area contributed by atoms with Gasteiger partial charge in [-0.3, -0.25) is 9.59 Å². The van der Waals surface area contributed by atoms with Gasteiger partial charge in [-0.05, 0) is 43.9 Å². The molecule has 4 rings (SSSR count). The topological polar surface area (TPSA) is 54.3 Å². The molecular weight excluding hydrogens is 386 g/mol. The predicted molar refractivity (Wildman–Crippen MR) is 124 cm³/mol. The van der Waals surface area contributed by atoms with Crippen molar-refractivity contribution in [2.45, 2.75) is 52.7 Å². The number of aromatic nitrogens is 1. The van der Waals surface area contributed by atoms with E-state index in [1.54, 1.807) is 4.90 Å². The molecule has 5 nitrogen and oxygen atoms in total. The summed E-state index contributed by atoms with van der Waals surface area (Å²) in [5.74, 6) is 0.298. The second kappa shape index (κ2) is 8.22. The average Bonchev–Trinajstić information content (AvgIpc) is 3.10. The van der Waals surface area contributed by atoms with E-state index < -0.39 is 5.54 Å². The van der Waals surface area contributed by atoms with Crippen LogP contribution in [0.25, 0.3) is 10.9 Å². The standard InChI is InChI=1S/C26H31N3O2/c1-18(2)13-14-27-25(31)26(4)17-28-22-8-6-5-7-21(22)15-23(28)24(30)29(26)16-20-11-9-19(3)10-12-20/h5-12,15,18H,13-14,16-17H2,1-4H3,(H,27,31). The Bertz CT molecular complexity index is 1110. The molecule has 1 aliphatic rings. The van der Waals surface area contributed by atoms with Crippen molar-refractivity contribution in [3.8, 4) is 0 Å². The van der Waals surface area contributed by atoms with Gasteiger partial charge in [0, 0.05) is 24.0 Å². The molecule has 5 heteroatoms. The molecule has 0 fully saturated rings. The van der Waals surface area contributed by atoms with Gasteiger partial charge in [0.15, 0.2) is 0 Å². The van der Waals surface area contributed by atoms with Gasteiger partial charge in [0.1, 0.15) is 11.2 Å². The van der Waals surface area contributed by atoms with Crippen LogP contribution in [0.1, 0.15) is 48.8 Å². The molecular formula is C26H31N3O2. The Labute approximate surface area is 184 Å². The van der Waals surface area contributed by atoms with Crippen LogP contribution in [0.15, 0.2) is 54.6 Å². The monoisotopic (exact) mass is 417 g/mol. The van der Waals surface area contributed by atoms with Gasteiger partial charge in [-0.2, -0.15) is 0 Å². The zero-order chi connectivity index (χ0) is 22.2. The Hall–Kier alpha value is -3.08. The molecule has 0 saturated carbocycles. The summed E-state index contributed by atoms with van der Waals surface area (Å²) in [7, 11) is 0. The van der Waals surface area contributed by atoms with E-state index >= 15 is 0 Å². The van der Waals surface area contributed by atoms with E-state index in [0.717, 1.165) is 22.9 Å². The van der Waals surface area contributed by atoms with E-state index in [9.17, 15) is 9.59 Å². The minimum Gasteiger partial charge on any atom is -0.354 e. The van der Waals surface area contributed by atoms with Crippen molar-refractivity contribution in [2.24, 2.45) is 5.92 Å². The molecule has 2 amide bonds. The molecule has 1 aromatic heterocycles. The van der Waals surface area contributed by atoms with Gasteiger partial charge in [-0.25, -0.2) is 0 Å². The SMILES string of the molecule is Cc1ccc(CN2C(=O)c3cc4ccccc4n3CC2(C)C(=O)NCCC(C)C)cc1. The van der Waals surface area contributed by atoms with Crippen molar-refractivity contribution < 1.29 is 9.59 Å². The smallest absolute Gasteiger partial charge is 0.271 e. The molecule has 0 aliphatic carbocycles. The van der Waals surface area contributed by atoms with E-state index in [4.69, 9.17) is 0 Å². The number of hydrogen-bond donors (Lipinski definition) is 1. The van der Waals surface area contributed by atoms with Crippen LogP contribution in [0, 0.1) is 12.8 Å². The predicted octanol–water partition coefficient (Wildman–Crippen LogP) is 4.53. The maximum Gasteiger partial charge on any atom is 0.271 e. The number of fused-ring (bicyclic) bond motifs is 3. The lowest BCUT2D eigenvalue weighted by atomic mass is 9.93. The zero-order valence-electron chi connectivity index (χ0n) is 18.8. The van der Waals surface area contributed by atoms with Gasteiger partial charge in [0.25, 0.3) is 5.91 Å². The van der Waals surface area contributed by atoms with Crippen LogP contribution in [0.4, 0.5) is 0 Å². The summed E-state index contributed by atoms with van der Waals surface area (Å²) >= 11 is 0. The fourth-order valence-electron chi connectivity index (χ4n) is 4.30. The first kappa shape index (κ1) is 21.2. The summed E-state index contributed by atoms with van der Waals surface area (Å²) in [5.41, 5.74) is 2.84. The van der Waals surface area contributed by atoms with Gasteiger partial charge >= 0.3 is 0 Å². The molecule has 1 atom stereocenters. The van der Waals surface area contributed by atoms with E-state index in [1.165, 1.54) is 5.56 Å². The molecule has 0 spiro atoms. The normalized spacial score (nSPS) is 18.5. The molecule has 2 aromatic carbocycles. The third-order valence-electron chi connectivity index (χ3n) is 6.29. The van der Waals surface area contributed by atoms with Crippen molar-refractivity contribution in [2.75, 3.05) is 6.54 Å². The molecule has 0 saturated heterocycles. The van der Waals surface area contributed by atoms with Crippen LogP contribution < -0.4 is 5.32 Å². The van der Waals surface area contributed by atoms with Gasteiger partial charge < -0.3 is 14.8 Å². The molecule has 162 valence electrons. The quantitative estimate of drug-likeness (QED) is 0.641.